The summed E-state index contributed by atoms with van der Waals surface area (Å²) in [5.74, 6) is -1.93. The van der Waals surface area contributed by atoms with Crippen LogP contribution in [0.2, 0.25) is 5.02 Å². The number of thioether (sulfide) groups is 1. The first kappa shape index (κ1) is 25.8. The van der Waals surface area contributed by atoms with Crippen molar-refractivity contribution in [3.63, 3.8) is 0 Å². The highest BCUT2D eigenvalue weighted by molar-refractivity contribution is 9.09. The van der Waals surface area contributed by atoms with Gasteiger partial charge in [0.1, 0.15) is 6.04 Å². The van der Waals surface area contributed by atoms with Gasteiger partial charge in [0.05, 0.1) is 39.9 Å². The van der Waals surface area contributed by atoms with E-state index in [0.29, 0.717) is 23.7 Å². The van der Waals surface area contributed by atoms with E-state index < -0.39 is 28.7 Å². The molecular formula is C24H31BrClN3O4S. The number of benzene rings is 1. The standard InChI is InChI=1S/C24H31BrClN3O4S/c1-4-9-27-21(31)17-18-23(33)29(16(11-30)12(2)3)20(24(18)10-13(25)19(17)34-24)22(32)28-15-8-6-5-7-14(15)26/h5-8,12-13,16-20,30H,4,9-11H2,1-3H3,(H,27,31)(H,28,32)/t13?,16-,17-,18-,19-,20?,24?/m0/s1. The molecule has 3 saturated heterocycles. The first-order valence-electron chi connectivity index (χ1n) is 11.8. The van der Waals surface area contributed by atoms with Gasteiger partial charge in [0.25, 0.3) is 0 Å². The summed E-state index contributed by atoms with van der Waals surface area (Å²) in [5, 5.41) is 16.4. The summed E-state index contributed by atoms with van der Waals surface area (Å²) in [6.45, 7) is 6.11. The molecule has 1 spiro atoms. The Bertz CT molecular complexity index is 981. The van der Waals surface area contributed by atoms with Crippen LogP contribution in [0.15, 0.2) is 24.3 Å². The Morgan fingerprint density at radius 1 is 1.32 bits per heavy atom. The smallest absolute Gasteiger partial charge is 0.248 e. The molecule has 4 rings (SSSR count). The highest BCUT2D eigenvalue weighted by Crippen LogP contribution is 2.68. The number of amides is 3. The van der Waals surface area contributed by atoms with Crippen molar-refractivity contribution in [1.29, 1.82) is 0 Å². The lowest BCUT2D eigenvalue weighted by Crippen LogP contribution is -2.56. The van der Waals surface area contributed by atoms with E-state index >= 15 is 0 Å². The highest BCUT2D eigenvalue weighted by Gasteiger charge is 2.76. The van der Waals surface area contributed by atoms with Crippen LogP contribution >= 0.6 is 39.3 Å². The van der Waals surface area contributed by atoms with Gasteiger partial charge >= 0.3 is 0 Å². The van der Waals surface area contributed by atoms with Crippen molar-refractivity contribution >= 4 is 62.7 Å². The fourth-order valence-electron chi connectivity index (χ4n) is 5.77. The molecule has 3 aliphatic heterocycles. The predicted molar refractivity (Wildman–Crippen MR) is 138 cm³/mol. The van der Waals surface area contributed by atoms with Crippen LogP contribution in [0.5, 0.6) is 0 Å². The van der Waals surface area contributed by atoms with E-state index in [4.69, 9.17) is 11.6 Å². The van der Waals surface area contributed by atoms with Crippen molar-refractivity contribution < 1.29 is 19.5 Å². The van der Waals surface area contributed by atoms with Crippen molar-refractivity contribution in [2.24, 2.45) is 17.8 Å². The van der Waals surface area contributed by atoms with Gasteiger partial charge in [-0.05, 0) is 30.9 Å². The number of para-hydroxylation sites is 1. The molecular weight excluding hydrogens is 542 g/mol. The van der Waals surface area contributed by atoms with E-state index in [0.717, 1.165) is 6.42 Å². The quantitative estimate of drug-likeness (QED) is 0.415. The Morgan fingerprint density at radius 2 is 2.03 bits per heavy atom. The largest absolute Gasteiger partial charge is 0.394 e. The number of hydrogen-bond acceptors (Lipinski definition) is 5. The van der Waals surface area contributed by atoms with Crippen molar-refractivity contribution in [2.45, 2.75) is 60.5 Å². The van der Waals surface area contributed by atoms with E-state index in [1.165, 1.54) is 0 Å². The van der Waals surface area contributed by atoms with Crippen molar-refractivity contribution in [2.75, 3.05) is 18.5 Å². The fourth-order valence-corrected chi connectivity index (χ4v) is 9.56. The molecule has 7 nitrogen and oxygen atoms in total. The van der Waals surface area contributed by atoms with Gasteiger partial charge in [-0.1, -0.05) is 60.4 Å². The Hall–Kier alpha value is -1.29. The summed E-state index contributed by atoms with van der Waals surface area (Å²) < 4.78 is -0.766. The third-order valence-electron chi connectivity index (χ3n) is 7.27. The zero-order chi connectivity index (χ0) is 24.8. The molecule has 3 N–H and O–H groups in total. The Balaban J connectivity index is 1.77. The third kappa shape index (κ3) is 4.06. The van der Waals surface area contributed by atoms with Crippen LogP contribution in [0.3, 0.4) is 0 Å². The monoisotopic (exact) mass is 571 g/mol. The number of hydrogen-bond donors (Lipinski definition) is 3. The number of nitrogens with zero attached hydrogens (tertiary/aromatic N) is 1. The molecule has 0 radical (unpaired) electrons. The molecule has 7 atom stereocenters. The third-order valence-corrected chi connectivity index (χ3v) is 10.8. The van der Waals surface area contributed by atoms with Crippen molar-refractivity contribution in [1.82, 2.24) is 10.2 Å². The summed E-state index contributed by atoms with van der Waals surface area (Å²) in [7, 11) is 0. The molecule has 3 aliphatic rings. The average Bonchev–Trinajstić information content (AvgIpc) is 3.38. The van der Waals surface area contributed by atoms with Gasteiger partial charge in [-0.2, -0.15) is 0 Å². The van der Waals surface area contributed by atoms with Crippen LogP contribution in [-0.4, -0.2) is 67.8 Å². The molecule has 1 aromatic rings. The highest BCUT2D eigenvalue weighted by atomic mass is 79.9. The van der Waals surface area contributed by atoms with Crippen LogP contribution in [0, 0.1) is 17.8 Å². The number of aliphatic hydroxyl groups is 1. The summed E-state index contributed by atoms with van der Waals surface area (Å²) in [6.07, 6.45) is 1.39. The molecule has 10 heteroatoms. The normalized spacial score (nSPS) is 32.7. The van der Waals surface area contributed by atoms with E-state index in [1.807, 2.05) is 20.8 Å². The zero-order valence-electron chi connectivity index (χ0n) is 19.5. The molecule has 3 amide bonds. The summed E-state index contributed by atoms with van der Waals surface area (Å²) in [6, 6.07) is 5.60. The maximum atomic E-state index is 14.0. The number of carbonyl (C=O) groups is 3. The number of halogens is 2. The molecule has 186 valence electrons. The van der Waals surface area contributed by atoms with E-state index in [2.05, 4.69) is 26.6 Å². The minimum atomic E-state index is -0.833. The van der Waals surface area contributed by atoms with Crippen LogP contribution in [-0.2, 0) is 14.4 Å². The lowest BCUT2D eigenvalue weighted by Gasteiger charge is -2.38. The minimum absolute atomic E-state index is 0.00103. The first-order chi connectivity index (χ1) is 16.2. The van der Waals surface area contributed by atoms with Crippen molar-refractivity contribution in [3.8, 4) is 0 Å². The number of rotatable bonds is 8. The lowest BCUT2D eigenvalue weighted by atomic mass is 9.70. The van der Waals surface area contributed by atoms with Crippen LogP contribution in [0.4, 0.5) is 5.69 Å². The van der Waals surface area contributed by atoms with Gasteiger partial charge in [-0.25, -0.2) is 0 Å². The molecule has 3 fully saturated rings. The molecule has 1 aromatic carbocycles. The molecule has 0 saturated carbocycles. The Kier molecular flexibility index (Phi) is 7.58. The van der Waals surface area contributed by atoms with Crippen LogP contribution < -0.4 is 10.6 Å². The molecule has 0 aliphatic carbocycles. The summed E-state index contributed by atoms with van der Waals surface area (Å²) >= 11 is 11.6. The number of aliphatic hydroxyl groups excluding tert-OH is 1. The number of carbonyl (C=O) groups excluding carboxylic acids is 3. The fraction of sp³-hybridized carbons (Fsp3) is 0.625. The predicted octanol–water partition coefficient (Wildman–Crippen LogP) is 3.29. The van der Waals surface area contributed by atoms with Crippen LogP contribution in [0.25, 0.3) is 0 Å². The average molecular weight is 573 g/mol. The van der Waals surface area contributed by atoms with E-state index in [-0.39, 0.29) is 40.3 Å². The maximum Gasteiger partial charge on any atom is 0.248 e. The van der Waals surface area contributed by atoms with Gasteiger partial charge in [0.2, 0.25) is 17.7 Å². The molecule has 3 unspecified atom stereocenters. The van der Waals surface area contributed by atoms with Crippen molar-refractivity contribution in [3.05, 3.63) is 29.3 Å². The van der Waals surface area contributed by atoms with Gasteiger partial charge in [0.15, 0.2) is 0 Å². The van der Waals surface area contributed by atoms with Gasteiger partial charge in [0, 0.05) is 16.6 Å². The molecule has 3 heterocycles. The number of nitrogens with one attached hydrogen (secondary N) is 2. The van der Waals surface area contributed by atoms with E-state index in [9.17, 15) is 19.5 Å². The number of likely N-dealkylation sites (tertiary alicyclic amines) is 1. The lowest BCUT2D eigenvalue weighted by molar-refractivity contribution is -0.142. The second-order valence-corrected chi connectivity index (χ2v) is 12.8. The minimum Gasteiger partial charge on any atom is -0.394 e. The number of anilines is 1. The topological polar surface area (TPSA) is 98.7 Å². The molecule has 2 bridgehead atoms. The first-order valence-corrected chi connectivity index (χ1v) is 13.9. The van der Waals surface area contributed by atoms with Gasteiger partial charge in [-0.3, -0.25) is 14.4 Å². The SMILES string of the molecule is CCCNC(=O)[C@H]1[C@H]2C(=O)N([C@@H](CO)C(C)C)C(C(=O)Nc3ccccc3Cl)C23CC(Br)[C@@H]1S3. The van der Waals surface area contributed by atoms with Gasteiger partial charge < -0.3 is 20.6 Å². The van der Waals surface area contributed by atoms with Gasteiger partial charge in [-0.15, -0.1) is 11.8 Å². The van der Waals surface area contributed by atoms with Crippen LogP contribution in [0.1, 0.15) is 33.6 Å². The Morgan fingerprint density at radius 3 is 2.65 bits per heavy atom. The maximum absolute atomic E-state index is 14.0. The van der Waals surface area contributed by atoms with E-state index in [1.54, 1.807) is 40.9 Å². The zero-order valence-corrected chi connectivity index (χ0v) is 22.6. The molecule has 34 heavy (non-hydrogen) atoms. The number of alkyl halides is 1. The second-order valence-electron chi connectivity index (χ2n) is 9.66. The summed E-state index contributed by atoms with van der Waals surface area (Å²) in [4.78, 5) is 42.7. The number of fused-ring (bicyclic) bond motifs is 1. The Labute approximate surface area is 217 Å². The summed E-state index contributed by atoms with van der Waals surface area (Å²) in [5.41, 5.74) is 0.469. The second kappa shape index (κ2) is 9.99. The molecule has 0 aromatic heterocycles.